The van der Waals surface area contributed by atoms with E-state index in [9.17, 15) is 9.18 Å². The van der Waals surface area contributed by atoms with E-state index >= 15 is 0 Å². The van der Waals surface area contributed by atoms with Crippen molar-refractivity contribution in [2.24, 2.45) is 0 Å². The van der Waals surface area contributed by atoms with E-state index in [1.807, 2.05) is 0 Å². The van der Waals surface area contributed by atoms with Gasteiger partial charge in [-0.2, -0.15) is 0 Å². The van der Waals surface area contributed by atoms with Crippen molar-refractivity contribution in [3.63, 3.8) is 0 Å². The van der Waals surface area contributed by atoms with Gasteiger partial charge in [0, 0.05) is 0 Å². The predicted molar refractivity (Wildman–Crippen MR) is 81.6 cm³/mol. The fourth-order valence-electron chi connectivity index (χ4n) is 1.62. The average Bonchev–Trinajstić information content (AvgIpc) is 2.46. The van der Waals surface area contributed by atoms with Gasteiger partial charge >= 0.3 is 0 Å². The number of benzene rings is 2. The number of ether oxygens (including phenoxy) is 1. The van der Waals surface area contributed by atoms with Crippen LogP contribution in [-0.2, 0) is 4.79 Å². The van der Waals surface area contributed by atoms with Crippen LogP contribution in [-0.4, -0.2) is 12.0 Å². The maximum Gasteiger partial charge on any atom is 0.265 e. The number of hydrogen-bond acceptors (Lipinski definition) is 2. The first-order chi connectivity index (χ1) is 9.99. The molecule has 110 valence electrons. The van der Waals surface area contributed by atoms with Crippen LogP contribution in [0.1, 0.15) is 6.92 Å². The largest absolute Gasteiger partial charge is 0.479 e. The van der Waals surface area contributed by atoms with Gasteiger partial charge in [0.25, 0.3) is 5.91 Å². The van der Waals surface area contributed by atoms with Crippen LogP contribution in [0, 0.1) is 5.82 Å². The Kier molecular flexibility index (Phi) is 5.04. The van der Waals surface area contributed by atoms with Crippen LogP contribution in [0.15, 0.2) is 42.5 Å². The topological polar surface area (TPSA) is 38.3 Å². The second-order valence-corrected chi connectivity index (χ2v) is 5.07. The Bertz CT molecular complexity index is 664. The summed E-state index contributed by atoms with van der Waals surface area (Å²) in [5.41, 5.74) is 0.0927. The highest BCUT2D eigenvalue weighted by Gasteiger charge is 2.18. The Labute approximate surface area is 131 Å². The van der Waals surface area contributed by atoms with Crippen LogP contribution in [0.2, 0.25) is 10.0 Å². The third kappa shape index (κ3) is 3.86. The summed E-state index contributed by atoms with van der Waals surface area (Å²) < 4.78 is 18.9. The van der Waals surface area contributed by atoms with E-state index in [0.29, 0.717) is 10.8 Å². The van der Waals surface area contributed by atoms with E-state index in [2.05, 4.69) is 5.32 Å². The van der Waals surface area contributed by atoms with Crippen LogP contribution in [0.4, 0.5) is 10.1 Å². The maximum atomic E-state index is 13.5. The van der Waals surface area contributed by atoms with Gasteiger partial charge in [0.05, 0.1) is 10.7 Å². The van der Waals surface area contributed by atoms with Crippen molar-refractivity contribution in [3.8, 4) is 5.75 Å². The summed E-state index contributed by atoms with van der Waals surface area (Å²) in [5.74, 6) is -0.713. The predicted octanol–water partition coefficient (Wildman–Crippen LogP) is 4.54. The molecule has 0 aliphatic heterocycles. The zero-order chi connectivity index (χ0) is 15.4. The van der Waals surface area contributed by atoms with Crippen molar-refractivity contribution in [1.82, 2.24) is 0 Å². The molecule has 2 rings (SSSR count). The van der Waals surface area contributed by atoms with E-state index in [1.165, 1.54) is 25.1 Å². The molecule has 3 nitrogen and oxygen atoms in total. The molecular weight excluding hydrogens is 316 g/mol. The fraction of sp³-hybridized carbons (Fsp3) is 0.133. The Morgan fingerprint density at radius 1 is 1.19 bits per heavy atom. The minimum absolute atomic E-state index is 0.0927. The van der Waals surface area contributed by atoms with E-state index in [4.69, 9.17) is 27.9 Å². The van der Waals surface area contributed by atoms with E-state index in [1.54, 1.807) is 24.3 Å². The molecule has 21 heavy (non-hydrogen) atoms. The molecule has 0 heterocycles. The Hall–Kier alpha value is -1.78. The molecular formula is C15H12Cl2FNO2. The van der Waals surface area contributed by atoms with Crippen LogP contribution < -0.4 is 10.1 Å². The van der Waals surface area contributed by atoms with Crippen molar-refractivity contribution < 1.29 is 13.9 Å². The number of anilines is 1. The standard InChI is InChI=1S/C15H12Cl2FNO2/c1-9(21-13-8-4-5-10(16)14(13)17)15(20)19-12-7-3-2-6-11(12)18/h2-9H,1H3,(H,19,20)/t9-/m1/s1. The molecule has 0 fully saturated rings. The Morgan fingerprint density at radius 3 is 2.62 bits per heavy atom. The van der Waals surface area contributed by atoms with Gasteiger partial charge in [0.2, 0.25) is 0 Å². The molecule has 0 unspecified atom stereocenters. The number of para-hydroxylation sites is 1. The summed E-state index contributed by atoms with van der Waals surface area (Å²) in [6.07, 6.45) is -0.861. The molecule has 2 aromatic carbocycles. The van der Waals surface area contributed by atoms with Gasteiger partial charge in [-0.05, 0) is 31.2 Å². The van der Waals surface area contributed by atoms with Gasteiger partial charge in [0.15, 0.2) is 6.10 Å². The smallest absolute Gasteiger partial charge is 0.265 e. The lowest BCUT2D eigenvalue weighted by molar-refractivity contribution is -0.122. The average molecular weight is 328 g/mol. The van der Waals surface area contributed by atoms with Gasteiger partial charge in [-0.25, -0.2) is 4.39 Å². The molecule has 0 aliphatic carbocycles. The van der Waals surface area contributed by atoms with Crippen molar-refractivity contribution in [2.45, 2.75) is 13.0 Å². The van der Waals surface area contributed by atoms with Gasteiger partial charge in [0.1, 0.15) is 16.6 Å². The zero-order valence-electron chi connectivity index (χ0n) is 11.1. The van der Waals surface area contributed by atoms with Crippen molar-refractivity contribution in [3.05, 3.63) is 58.3 Å². The van der Waals surface area contributed by atoms with Crippen LogP contribution >= 0.6 is 23.2 Å². The molecule has 2 aromatic rings. The van der Waals surface area contributed by atoms with Gasteiger partial charge in [-0.15, -0.1) is 0 Å². The summed E-state index contributed by atoms with van der Waals surface area (Å²) in [4.78, 5) is 12.0. The van der Waals surface area contributed by atoms with Crippen LogP contribution in [0.25, 0.3) is 0 Å². The monoisotopic (exact) mass is 327 g/mol. The van der Waals surface area contributed by atoms with Gasteiger partial charge in [-0.3, -0.25) is 4.79 Å². The molecule has 0 spiro atoms. The van der Waals surface area contributed by atoms with Gasteiger partial charge < -0.3 is 10.1 Å². The minimum atomic E-state index is -0.861. The highest BCUT2D eigenvalue weighted by Crippen LogP contribution is 2.32. The SMILES string of the molecule is C[C@@H](Oc1cccc(Cl)c1Cl)C(=O)Nc1ccccc1F. The first-order valence-electron chi connectivity index (χ1n) is 6.15. The first kappa shape index (κ1) is 15.6. The third-order valence-corrected chi connectivity index (χ3v) is 3.52. The number of nitrogens with one attached hydrogen (secondary N) is 1. The molecule has 1 amide bonds. The Morgan fingerprint density at radius 2 is 1.90 bits per heavy atom. The summed E-state index contributed by atoms with van der Waals surface area (Å²) in [6, 6.07) is 10.8. The van der Waals surface area contributed by atoms with Crippen molar-refractivity contribution in [2.75, 3.05) is 5.32 Å². The number of hydrogen-bond donors (Lipinski definition) is 1. The summed E-state index contributed by atoms with van der Waals surface area (Å²) in [5, 5.41) is 3.01. The molecule has 0 saturated heterocycles. The molecule has 0 aromatic heterocycles. The lowest BCUT2D eigenvalue weighted by Gasteiger charge is -2.16. The molecule has 0 aliphatic rings. The third-order valence-electron chi connectivity index (χ3n) is 2.72. The molecule has 1 N–H and O–H groups in total. The molecule has 0 saturated carbocycles. The van der Waals surface area contributed by atoms with Crippen LogP contribution in [0.5, 0.6) is 5.75 Å². The molecule has 0 radical (unpaired) electrons. The summed E-state index contributed by atoms with van der Waals surface area (Å²) in [7, 11) is 0. The highest BCUT2D eigenvalue weighted by atomic mass is 35.5. The van der Waals surface area contributed by atoms with E-state index in [0.717, 1.165) is 0 Å². The quantitative estimate of drug-likeness (QED) is 0.895. The number of halogens is 3. The number of amides is 1. The molecule has 6 heteroatoms. The normalized spacial score (nSPS) is 11.8. The van der Waals surface area contributed by atoms with Gasteiger partial charge in [-0.1, -0.05) is 41.4 Å². The number of carbonyl (C=O) groups excluding carboxylic acids is 1. The zero-order valence-corrected chi connectivity index (χ0v) is 12.6. The molecule has 1 atom stereocenters. The van der Waals surface area contributed by atoms with E-state index < -0.39 is 17.8 Å². The lowest BCUT2D eigenvalue weighted by Crippen LogP contribution is -2.30. The van der Waals surface area contributed by atoms with Crippen LogP contribution in [0.3, 0.4) is 0 Å². The Balaban J connectivity index is 2.06. The second kappa shape index (κ2) is 6.78. The van der Waals surface area contributed by atoms with Crippen molar-refractivity contribution in [1.29, 1.82) is 0 Å². The summed E-state index contributed by atoms with van der Waals surface area (Å²) >= 11 is 11.8. The minimum Gasteiger partial charge on any atom is -0.479 e. The number of rotatable bonds is 4. The molecule has 0 bridgehead atoms. The summed E-state index contributed by atoms with van der Waals surface area (Å²) in [6.45, 7) is 1.54. The maximum absolute atomic E-state index is 13.5. The fourth-order valence-corrected chi connectivity index (χ4v) is 1.95. The lowest BCUT2D eigenvalue weighted by atomic mass is 10.3. The number of carbonyl (C=O) groups is 1. The second-order valence-electron chi connectivity index (χ2n) is 4.28. The highest BCUT2D eigenvalue weighted by molar-refractivity contribution is 6.42. The van der Waals surface area contributed by atoms with Crippen molar-refractivity contribution >= 4 is 34.8 Å². The first-order valence-corrected chi connectivity index (χ1v) is 6.90. The van der Waals surface area contributed by atoms with E-state index in [-0.39, 0.29) is 10.7 Å².